The zero-order valence-corrected chi connectivity index (χ0v) is 9.03. The van der Waals surface area contributed by atoms with Crippen LogP contribution in [0.25, 0.3) is 0 Å². The Morgan fingerprint density at radius 3 is 2.56 bits per heavy atom. The maximum Gasteiger partial charge on any atom is 0.225 e. The molecule has 0 aliphatic carbocycles. The maximum absolute atomic E-state index is 13.3. The normalized spacial score (nSPS) is 10.4. The molecule has 2 aromatic rings. The quantitative estimate of drug-likeness (QED) is 0.917. The van der Waals surface area contributed by atoms with E-state index in [1.807, 2.05) is 0 Å². The molecule has 0 saturated heterocycles. The van der Waals surface area contributed by atoms with Crippen LogP contribution in [0.1, 0.15) is 5.56 Å². The van der Waals surface area contributed by atoms with Gasteiger partial charge in [0.15, 0.2) is 11.6 Å². The molecule has 1 heterocycles. The first-order valence-electron chi connectivity index (χ1n) is 4.98. The van der Waals surface area contributed by atoms with Crippen LogP contribution in [0.2, 0.25) is 0 Å². The van der Waals surface area contributed by atoms with Gasteiger partial charge in [-0.15, -0.1) is 0 Å². The second-order valence-electron chi connectivity index (χ2n) is 3.45. The van der Waals surface area contributed by atoms with Crippen LogP contribution in [0, 0.1) is 17.5 Å². The van der Waals surface area contributed by atoms with Crippen molar-refractivity contribution in [2.24, 2.45) is 0 Å². The number of aliphatic hydroxyl groups excluding tert-OH is 1. The summed E-state index contributed by atoms with van der Waals surface area (Å²) < 4.78 is 43.9. The number of halogens is 3. The number of aliphatic hydroxyl groups is 1. The average molecular weight is 255 g/mol. The van der Waals surface area contributed by atoms with Crippen molar-refractivity contribution in [3.63, 3.8) is 0 Å². The third-order valence-electron chi connectivity index (χ3n) is 2.16. The van der Waals surface area contributed by atoms with Gasteiger partial charge in [-0.3, -0.25) is 0 Å². The molecule has 2 rings (SSSR count). The highest BCUT2D eigenvalue weighted by Gasteiger charge is 2.11. The number of hydrogen-bond acceptors (Lipinski definition) is 3. The zero-order chi connectivity index (χ0) is 13.1. The van der Waals surface area contributed by atoms with Crippen molar-refractivity contribution < 1.29 is 23.0 Å². The smallest absolute Gasteiger partial charge is 0.225 e. The average Bonchev–Trinajstić information content (AvgIpc) is 2.34. The highest BCUT2D eigenvalue weighted by atomic mass is 19.1. The summed E-state index contributed by atoms with van der Waals surface area (Å²) in [4.78, 5) is 3.59. The fraction of sp³-hybridized carbons (Fsp3) is 0.0833. The van der Waals surface area contributed by atoms with Gasteiger partial charge in [0.25, 0.3) is 0 Å². The van der Waals surface area contributed by atoms with Crippen LogP contribution in [0.4, 0.5) is 13.2 Å². The summed E-state index contributed by atoms with van der Waals surface area (Å²) in [5, 5.41) is 8.99. The van der Waals surface area contributed by atoms with E-state index in [1.54, 1.807) is 0 Å². The van der Waals surface area contributed by atoms with Gasteiger partial charge in [-0.1, -0.05) is 0 Å². The minimum Gasteiger partial charge on any atom is -0.436 e. The molecule has 0 bridgehead atoms. The number of hydrogen-bond donors (Lipinski definition) is 1. The standard InChI is InChI=1S/C12H8F3NO2/c13-8-1-2-11(10(15)4-8)18-12-7(6-17)3-9(14)5-16-12/h1-5,17H,6H2. The van der Waals surface area contributed by atoms with Gasteiger partial charge in [0.05, 0.1) is 12.8 Å². The van der Waals surface area contributed by atoms with E-state index in [0.717, 1.165) is 24.4 Å². The van der Waals surface area contributed by atoms with Gasteiger partial charge in [0.2, 0.25) is 5.88 Å². The summed E-state index contributed by atoms with van der Waals surface area (Å²) in [6, 6.07) is 3.76. The van der Waals surface area contributed by atoms with E-state index in [-0.39, 0.29) is 17.2 Å². The van der Waals surface area contributed by atoms with E-state index < -0.39 is 24.1 Å². The molecular weight excluding hydrogens is 247 g/mol. The van der Waals surface area contributed by atoms with Crippen molar-refractivity contribution in [3.8, 4) is 11.6 Å². The van der Waals surface area contributed by atoms with Gasteiger partial charge in [-0.25, -0.2) is 18.2 Å². The summed E-state index contributed by atoms with van der Waals surface area (Å²) in [7, 11) is 0. The van der Waals surface area contributed by atoms with Crippen molar-refractivity contribution in [3.05, 3.63) is 53.5 Å². The number of ether oxygens (including phenoxy) is 1. The second-order valence-corrected chi connectivity index (χ2v) is 3.45. The van der Waals surface area contributed by atoms with Crippen LogP contribution in [0.3, 0.4) is 0 Å². The second kappa shape index (κ2) is 5.05. The monoisotopic (exact) mass is 255 g/mol. The molecule has 1 N–H and O–H groups in total. The van der Waals surface area contributed by atoms with Crippen molar-refractivity contribution in [1.29, 1.82) is 0 Å². The molecule has 0 saturated carbocycles. The predicted octanol–water partition coefficient (Wildman–Crippen LogP) is 2.78. The van der Waals surface area contributed by atoms with E-state index in [2.05, 4.69) is 4.98 Å². The van der Waals surface area contributed by atoms with E-state index in [0.29, 0.717) is 6.07 Å². The maximum atomic E-state index is 13.3. The van der Waals surface area contributed by atoms with Gasteiger partial charge in [-0.05, 0) is 18.2 Å². The lowest BCUT2D eigenvalue weighted by Crippen LogP contribution is -1.97. The minimum absolute atomic E-state index is 0.0683. The molecule has 94 valence electrons. The lowest BCUT2D eigenvalue weighted by atomic mass is 10.3. The molecule has 0 aliphatic heterocycles. The lowest BCUT2D eigenvalue weighted by molar-refractivity contribution is 0.273. The molecule has 0 amide bonds. The van der Waals surface area contributed by atoms with Crippen molar-refractivity contribution >= 4 is 0 Å². The minimum atomic E-state index is -0.912. The summed E-state index contributed by atoms with van der Waals surface area (Å²) >= 11 is 0. The van der Waals surface area contributed by atoms with Crippen LogP contribution in [0.15, 0.2) is 30.5 Å². The van der Waals surface area contributed by atoms with Crippen LogP contribution in [0.5, 0.6) is 11.6 Å². The Labute approximate surface area is 100 Å². The molecule has 0 unspecified atom stereocenters. The number of benzene rings is 1. The van der Waals surface area contributed by atoms with Gasteiger partial charge in [0, 0.05) is 11.6 Å². The first-order valence-corrected chi connectivity index (χ1v) is 4.98. The van der Waals surface area contributed by atoms with E-state index in [4.69, 9.17) is 9.84 Å². The fourth-order valence-corrected chi connectivity index (χ4v) is 1.34. The van der Waals surface area contributed by atoms with Gasteiger partial charge >= 0.3 is 0 Å². The Morgan fingerprint density at radius 2 is 1.89 bits per heavy atom. The molecule has 1 aromatic heterocycles. The van der Waals surface area contributed by atoms with Crippen LogP contribution in [-0.2, 0) is 6.61 Å². The van der Waals surface area contributed by atoms with Crippen molar-refractivity contribution in [2.75, 3.05) is 0 Å². The molecule has 1 aromatic carbocycles. The first-order chi connectivity index (χ1) is 8.60. The molecular formula is C12H8F3NO2. The summed E-state index contributed by atoms with van der Waals surface area (Å²) in [6.07, 6.45) is 0.871. The summed E-state index contributed by atoms with van der Waals surface area (Å²) in [5.74, 6) is -2.69. The van der Waals surface area contributed by atoms with E-state index >= 15 is 0 Å². The Balaban J connectivity index is 2.33. The number of rotatable bonds is 3. The molecule has 3 nitrogen and oxygen atoms in total. The molecule has 0 aliphatic rings. The SMILES string of the molecule is OCc1cc(F)cnc1Oc1ccc(F)cc1F. The summed E-state index contributed by atoms with van der Waals surface area (Å²) in [5.41, 5.74) is 0.0683. The predicted molar refractivity (Wildman–Crippen MR) is 56.5 cm³/mol. The van der Waals surface area contributed by atoms with Gasteiger partial charge < -0.3 is 9.84 Å². The van der Waals surface area contributed by atoms with E-state index in [9.17, 15) is 13.2 Å². The molecule has 0 spiro atoms. The molecule has 6 heteroatoms. The van der Waals surface area contributed by atoms with Crippen molar-refractivity contribution in [1.82, 2.24) is 4.98 Å². The Bertz CT molecular complexity index is 575. The van der Waals surface area contributed by atoms with Gasteiger partial charge in [-0.2, -0.15) is 0 Å². The molecule has 0 radical (unpaired) electrons. The number of nitrogens with zero attached hydrogens (tertiary/aromatic N) is 1. The third kappa shape index (κ3) is 2.60. The largest absolute Gasteiger partial charge is 0.436 e. The van der Waals surface area contributed by atoms with Crippen molar-refractivity contribution in [2.45, 2.75) is 6.61 Å². The Hall–Kier alpha value is -2.08. The Morgan fingerprint density at radius 1 is 1.11 bits per heavy atom. The highest BCUT2D eigenvalue weighted by molar-refractivity contribution is 5.33. The van der Waals surface area contributed by atoms with Gasteiger partial charge in [0.1, 0.15) is 11.6 Å². The molecule has 0 fully saturated rings. The van der Waals surface area contributed by atoms with Crippen LogP contribution >= 0.6 is 0 Å². The number of pyridine rings is 1. The topological polar surface area (TPSA) is 42.4 Å². The van der Waals surface area contributed by atoms with Crippen LogP contribution in [-0.4, -0.2) is 10.1 Å². The number of aromatic nitrogens is 1. The molecule has 0 atom stereocenters. The third-order valence-corrected chi connectivity index (χ3v) is 2.16. The molecule has 18 heavy (non-hydrogen) atoms. The first kappa shape index (κ1) is 12.4. The summed E-state index contributed by atoms with van der Waals surface area (Å²) in [6.45, 7) is -0.511. The zero-order valence-electron chi connectivity index (χ0n) is 9.03. The lowest BCUT2D eigenvalue weighted by Gasteiger charge is -2.09. The fourth-order valence-electron chi connectivity index (χ4n) is 1.34. The van der Waals surface area contributed by atoms with E-state index in [1.165, 1.54) is 0 Å². The highest BCUT2D eigenvalue weighted by Crippen LogP contribution is 2.26. The Kier molecular flexibility index (Phi) is 3.47. The van der Waals surface area contributed by atoms with Crippen LogP contribution < -0.4 is 4.74 Å².